The first-order chi connectivity index (χ1) is 18.2. The molecular formula is C29H41N3O7. The van der Waals surface area contributed by atoms with E-state index >= 15 is 0 Å². The zero-order chi connectivity index (χ0) is 29.1. The van der Waals surface area contributed by atoms with E-state index in [9.17, 15) is 14.4 Å². The molecular weight excluding hydrogens is 502 g/mol. The van der Waals surface area contributed by atoms with Crippen LogP contribution < -0.4 is 9.47 Å². The van der Waals surface area contributed by atoms with Gasteiger partial charge in [0, 0.05) is 12.5 Å². The molecule has 214 valence electrons. The number of nitrogens with zero attached hydrogens (tertiary/aromatic N) is 3. The highest BCUT2D eigenvalue weighted by molar-refractivity contribution is 5.89. The summed E-state index contributed by atoms with van der Waals surface area (Å²) in [5, 5.41) is 0. The summed E-state index contributed by atoms with van der Waals surface area (Å²) in [7, 11) is 2.87. The van der Waals surface area contributed by atoms with Crippen molar-refractivity contribution in [2.45, 2.75) is 85.5 Å². The number of carbonyl (C=O) groups is 3. The normalized spacial score (nSPS) is 18.5. The molecule has 10 nitrogen and oxygen atoms in total. The number of aryl methyl sites for hydroxylation is 1. The van der Waals surface area contributed by atoms with Crippen LogP contribution in [0.3, 0.4) is 0 Å². The molecule has 0 radical (unpaired) electrons. The quantitative estimate of drug-likeness (QED) is 0.453. The fourth-order valence-corrected chi connectivity index (χ4v) is 4.66. The smallest absolute Gasteiger partial charge is 0.328 e. The molecule has 2 heterocycles. The molecule has 1 amide bonds. The number of hydrogen-bond donors (Lipinski definition) is 0. The average molecular weight is 544 g/mol. The number of benzene rings is 1. The van der Waals surface area contributed by atoms with Gasteiger partial charge in [-0.1, -0.05) is 27.7 Å². The Kier molecular flexibility index (Phi) is 9.08. The molecule has 0 bridgehead atoms. The van der Waals surface area contributed by atoms with Gasteiger partial charge in [0.25, 0.3) is 0 Å². The van der Waals surface area contributed by atoms with Crippen molar-refractivity contribution in [3.05, 3.63) is 23.9 Å². The van der Waals surface area contributed by atoms with Crippen molar-refractivity contribution in [1.82, 2.24) is 14.9 Å². The van der Waals surface area contributed by atoms with Crippen LogP contribution in [-0.4, -0.2) is 71.2 Å². The third kappa shape index (κ3) is 7.36. The van der Waals surface area contributed by atoms with E-state index in [1.165, 1.54) is 12.0 Å². The fourth-order valence-electron chi connectivity index (χ4n) is 4.66. The molecule has 1 saturated heterocycles. The largest absolute Gasteiger partial charge is 0.497 e. The number of amides is 1. The minimum Gasteiger partial charge on any atom is -0.497 e. The van der Waals surface area contributed by atoms with Crippen molar-refractivity contribution in [3.8, 4) is 11.6 Å². The molecule has 39 heavy (non-hydrogen) atoms. The lowest BCUT2D eigenvalue weighted by Gasteiger charge is -2.34. The molecule has 0 N–H and O–H groups in total. The second-order valence-corrected chi connectivity index (χ2v) is 11.9. The number of likely N-dealkylation sites (tertiary alicyclic amines) is 1. The minimum absolute atomic E-state index is 0.104. The molecule has 0 saturated carbocycles. The average Bonchev–Trinajstić information content (AvgIpc) is 3.27. The topological polar surface area (TPSA) is 117 Å². The fraction of sp³-hybridized carbons (Fsp3) is 0.621. The first-order valence-corrected chi connectivity index (χ1v) is 13.3. The first-order valence-electron chi connectivity index (χ1n) is 13.3. The van der Waals surface area contributed by atoms with E-state index < -0.39 is 41.0 Å². The third-order valence-electron chi connectivity index (χ3n) is 6.67. The van der Waals surface area contributed by atoms with Crippen LogP contribution in [0.25, 0.3) is 11.0 Å². The van der Waals surface area contributed by atoms with Crippen LogP contribution in [0, 0.1) is 11.3 Å². The van der Waals surface area contributed by atoms with E-state index in [4.69, 9.17) is 23.9 Å². The Morgan fingerprint density at radius 3 is 2.31 bits per heavy atom. The van der Waals surface area contributed by atoms with Gasteiger partial charge in [0.1, 0.15) is 29.2 Å². The summed E-state index contributed by atoms with van der Waals surface area (Å²) in [5.41, 5.74) is 0.759. The van der Waals surface area contributed by atoms with Crippen LogP contribution in [0.5, 0.6) is 11.6 Å². The number of fused-ring (bicyclic) bond motifs is 1. The number of hydrogen-bond acceptors (Lipinski definition) is 9. The number of ether oxygens (including phenoxy) is 4. The molecule has 1 fully saturated rings. The van der Waals surface area contributed by atoms with E-state index in [1.54, 1.807) is 33.9 Å². The van der Waals surface area contributed by atoms with Crippen molar-refractivity contribution in [1.29, 1.82) is 0 Å². The zero-order valence-electron chi connectivity index (χ0n) is 24.5. The van der Waals surface area contributed by atoms with Crippen LogP contribution in [0.15, 0.2) is 18.2 Å². The van der Waals surface area contributed by atoms with E-state index in [1.807, 2.05) is 39.8 Å². The Balaban J connectivity index is 1.89. The highest BCUT2D eigenvalue weighted by atomic mass is 16.6. The Labute approximate surface area is 230 Å². The second-order valence-electron chi connectivity index (χ2n) is 11.9. The third-order valence-corrected chi connectivity index (χ3v) is 6.67. The lowest BCUT2D eigenvalue weighted by Crippen LogP contribution is -2.48. The lowest BCUT2D eigenvalue weighted by molar-refractivity contribution is -0.162. The summed E-state index contributed by atoms with van der Waals surface area (Å²) in [6, 6.07) is 4.59. The van der Waals surface area contributed by atoms with E-state index in [0.29, 0.717) is 34.8 Å². The van der Waals surface area contributed by atoms with Gasteiger partial charge < -0.3 is 23.8 Å². The van der Waals surface area contributed by atoms with Gasteiger partial charge in [0.2, 0.25) is 11.8 Å². The highest BCUT2D eigenvalue weighted by Gasteiger charge is 2.46. The van der Waals surface area contributed by atoms with Crippen molar-refractivity contribution in [2.75, 3.05) is 20.8 Å². The summed E-state index contributed by atoms with van der Waals surface area (Å²) in [4.78, 5) is 50.2. The number of esters is 2. The van der Waals surface area contributed by atoms with Gasteiger partial charge in [-0.2, -0.15) is 0 Å². The lowest BCUT2D eigenvalue weighted by atomic mass is 9.77. The predicted octanol–water partition coefficient (Wildman–Crippen LogP) is 4.12. The molecule has 0 aliphatic carbocycles. The van der Waals surface area contributed by atoms with Gasteiger partial charge in [0.05, 0.1) is 44.1 Å². The van der Waals surface area contributed by atoms with E-state index in [-0.39, 0.29) is 25.3 Å². The molecule has 0 unspecified atom stereocenters. The summed E-state index contributed by atoms with van der Waals surface area (Å²) >= 11 is 0. The van der Waals surface area contributed by atoms with Gasteiger partial charge in [-0.05, 0) is 44.7 Å². The predicted molar refractivity (Wildman–Crippen MR) is 145 cm³/mol. The maximum atomic E-state index is 13.9. The molecule has 3 atom stereocenters. The second kappa shape index (κ2) is 11.8. The maximum Gasteiger partial charge on any atom is 0.328 e. The number of rotatable bonds is 8. The van der Waals surface area contributed by atoms with Gasteiger partial charge in [0.15, 0.2) is 0 Å². The van der Waals surface area contributed by atoms with Crippen molar-refractivity contribution in [2.24, 2.45) is 11.3 Å². The van der Waals surface area contributed by atoms with Gasteiger partial charge in [-0.25, -0.2) is 14.8 Å². The van der Waals surface area contributed by atoms with Crippen molar-refractivity contribution in [3.63, 3.8) is 0 Å². The highest BCUT2D eigenvalue weighted by Crippen LogP contribution is 2.35. The molecule has 1 aliphatic rings. The summed E-state index contributed by atoms with van der Waals surface area (Å²) < 4.78 is 22.1. The summed E-state index contributed by atoms with van der Waals surface area (Å²) in [6.45, 7) is 13.1. The van der Waals surface area contributed by atoms with E-state index in [2.05, 4.69) is 4.98 Å². The van der Waals surface area contributed by atoms with Gasteiger partial charge >= 0.3 is 11.9 Å². The molecule has 3 rings (SSSR count). The first kappa shape index (κ1) is 30.1. The zero-order valence-corrected chi connectivity index (χ0v) is 24.5. The summed E-state index contributed by atoms with van der Waals surface area (Å²) in [5.74, 6) is -1.04. The molecule has 1 aromatic heterocycles. The Hall–Kier alpha value is -3.43. The molecule has 10 heteroatoms. The molecule has 2 aromatic rings. The van der Waals surface area contributed by atoms with Crippen LogP contribution >= 0.6 is 0 Å². The van der Waals surface area contributed by atoms with Crippen molar-refractivity contribution < 1.29 is 33.3 Å². The van der Waals surface area contributed by atoms with Crippen LogP contribution in [0.4, 0.5) is 0 Å². The molecule has 0 spiro atoms. The monoisotopic (exact) mass is 543 g/mol. The van der Waals surface area contributed by atoms with Gasteiger partial charge in [-0.15, -0.1) is 0 Å². The number of aromatic nitrogens is 2. The standard InChI is InChI=1S/C29H41N3O7/c1-10-20-25(31-22-13-17(36-8)11-12-21(22)30-20)38-18-14-23(27(35)37-9)32(16-18)26(34)19(28(2,3)4)15-24(33)39-29(5,6)7/h11-13,18-19,23H,10,14-16H2,1-9H3/t18-,19-,23+/m1/s1. The van der Waals surface area contributed by atoms with Crippen LogP contribution in [0.1, 0.15) is 67.0 Å². The van der Waals surface area contributed by atoms with Crippen LogP contribution in [0.2, 0.25) is 0 Å². The molecule has 1 aromatic carbocycles. The minimum atomic E-state index is -0.852. The number of methoxy groups -OCH3 is 2. The summed E-state index contributed by atoms with van der Waals surface area (Å²) in [6.07, 6.45) is 0.181. The van der Waals surface area contributed by atoms with E-state index in [0.717, 1.165) is 0 Å². The van der Waals surface area contributed by atoms with Crippen molar-refractivity contribution >= 4 is 28.9 Å². The Bertz CT molecular complexity index is 1220. The van der Waals surface area contributed by atoms with Gasteiger partial charge in [-0.3, -0.25) is 9.59 Å². The Morgan fingerprint density at radius 1 is 1.05 bits per heavy atom. The maximum absolute atomic E-state index is 13.9. The SMILES string of the molecule is CCc1nc2ccc(OC)cc2nc1O[C@@H]1C[C@@H](C(=O)OC)N(C(=O)[C@@H](CC(=O)OC(C)(C)C)C(C)(C)C)C1. The Morgan fingerprint density at radius 2 is 1.74 bits per heavy atom. The number of carbonyl (C=O) groups excluding carboxylic acids is 3. The molecule has 1 aliphatic heterocycles. The van der Waals surface area contributed by atoms with Crippen LogP contribution in [-0.2, 0) is 30.3 Å².